The fourth-order valence-electron chi connectivity index (χ4n) is 1.61. The molecule has 0 aliphatic carbocycles. The number of hydrogen-bond acceptors (Lipinski definition) is 2. The number of carbonyl (C=O) groups excluding carboxylic acids is 1. The van der Waals surface area contributed by atoms with Gasteiger partial charge in [0.1, 0.15) is 11.5 Å². The molecule has 1 heterocycles. The maximum absolute atomic E-state index is 12.7. The maximum Gasteiger partial charge on any atom is 0.271 e. The zero-order chi connectivity index (χ0) is 13.7. The quantitative estimate of drug-likeness (QED) is 0.940. The van der Waals surface area contributed by atoms with Crippen molar-refractivity contribution < 1.29 is 9.18 Å². The molecule has 1 aromatic carbocycles. The zero-order valence-electron chi connectivity index (χ0n) is 10.1. The van der Waals surface area contributed by atoms with Crippen molar-refractivity contribution in [1.29, 1.82) is 0 Å². The second kappa shape index (κ2) is 6.43. The number of nitrogens with zero attached hydrogens (tertiary/aromatic N) is 1. The summed E-state index contributed by atoms with van der Waals surface area (Å²) in [5, 5.41) is 2.78. The van der Waals surface area contributed by atoms with Crippen LogP contribution in [0.15, 0.2) is 47.1 Å². The van der Waals surface area contributed by atoms with Gasteiger partial charge < -0.3 is 5.32 Å². The Morgan fingerprint density at radius 2 is 2.00 bits per heavy atom. The molecule has 2 rings (SSSR count). The molecule has 0 saturated carbocycles. The molecule has 19 heavy (non-hydrogen) atoms. The van der Waals surface area contributed by atoms with Crippen LogP contribution in [0.3, 0.4) is 0 Å². The molecular weight excluding hydrogens is 311 g/mol. The fraction of sp³-hybridized carbons (Fsp3) is 0.143. The first-order valence-corrected chi connectivity index (χ1v) is 6.59. The van der Waals surface area contributed by atoms with Crippen LogP contribution in [0.4, 0.5) is 4.39 Å². The molecule has 0 saturated heterocycles. The van der Waals surface area contributed by atoms with Gasteiger partial charge >= 0.3 is 0 Å². The van der Waals surface area contributed by atoms with Gasteiger partial charge in [-0.25, -0.2) is 9.37 Å². The SMILES string of the molecule is O=C(NCCc1ccc(F)cc1)c1ncccc1Br. The Hall–Kier alpha value is -1.75. The van der Waals surface area contributed by atoms with E-state index < -0.39 is 0 Å². The highest BCUT2D eigenvalue weighted by molar-refractivity contribution is 9.10. The van der Waals surface area contributed by atoms with E-state index in [-0.39, 0.29) is 11.7 Å². The van der Waals surface area contributed by atoms with Crippen LogP contribution < -0.4 is 5.32 Å². The first-order chi connectivity index (χ1) is 9.16. The third-order valence-electron chi connectivity index (χ3n) is 2.59. The van der Waals surface area contributed by atoms with Crippen molar-refractivity contribution in [3.63, 3.8) is 0 Å². The van der Waals surface area contributed by atoms with Crippen molar-refractivity contribution in [2.75, 3.05) is 6.54 Å². The number of benzene rings is 1. The highest BCUT2D eigenvalue weighted by Crippen LogP contribution is 2.12. The van der Waals surface area contributed by atoms with Gasteiger partial charge in [0, 0.05) is 17.2 Å². The summed E-state index contributed by atoms with van der Waals surface area (Å²) >= 11 is 3.28. The molecular formula is C14H12BrFN2O. The number of pyridine rings is 1. The van der Waals surface area contributed by atoms with Gasteiger partial charge in [-0.3, -0.25) is 4.79 Å². The minimum absolute atomic E-state index is 0.227. The van der Waals surface area contributed by atoms with Gasteiger partial charge in [0.15, 0.2) is 0 Å². The van der Waals surface area contributed by atoms with Crippen LogP contribution >= 0.6 is 15.9 Å². The van der Waals surface area contributed by atoms with Crippen molar-refractivity contribution in [3.05, 3.63) is 64.1 Å². The lowest BCUT2D eigenvalue weighted by molar-refractivity contribution is 0.0948. The summed E-state index contributed by atoms with van der Waals surface area (Å²) in [5.41, 5.74) is 1.34. The Balaban J connectivity index is 1.88. The lowest BCUT2D eigenvalue weighted by Crippen LogP contribution is -2.26. The Kier molecular flexibility index (Phi) is 4.63. The van der Waals surface area contributed by atoms with E-state index in [2.05, 4.69) is 26.2 Å². The van der Waals surface area contributed by atoms with Crippen molar-refractivity contribution in [2.24, 2.45) is 0 Å². The number of rotatable bonds is 4. The summed E-state index contributed by atoms with van der Waals surface area (Å²) < 4.78 is 13.4. The molecule has 0 spiro atoms. The van der Waals surface area contributed by atoms with E-state index in [9.17, 15) is 9.18 Å². The van der Waals surface area contributed by atoms with Crippen LogP contribution in [0.1, 0.15) is 16.1 Å². The normalized spacial score (nSPS) is 10.2. The van der Waals surface area contributed by atoms with Crippen molar-refractivity contribution in [3.8, 4) is 0 Å². The van der Waals surface area contributed by atoms with E-state index in [4.69, 9.17) is 0 Å². The Labute approximate surface area is 119 Å². The average molecular weight is 323 g/mol. The van der Waals surface area contributed by atoms with E-state index in [0.717, 1.165) is 5.56 Å². The van der Waals surface area contributed by atoms with E-state index in [0.29, 0.717) is 23.1 Å². The molecule has 1 aromatic heterocycles. The van der Waals surface area contributed by atoms with Crippen LogP contribution in [-0.4, -0.2) is 17.4 Å². The van der Waals surface area contributed by atoms with Gasteiger partial charge in [0.2, 0.25) is 0 Å². The van der Waals surface area contributed by atoms with Gasteiger partial charge in [-0.2, -0.15) is 0 Å². The second-order valence-corrected chi connectivity index (χ2v) is 4.82. The molecule has 2 aromatic rings. The van der Waals surface area contributed by atoms with E-state index in [1.165, 1.54) is 12.1 Å². The Morgan fingerprint density at radius 3 is 2.68 bits per heavy atom. The van der Waals surface area contributed by atoms with Gasteiger partial charge in [-0.15, -0.1) is 0 Å². The Morgan fingerprint density at radius 1 is 1.26 bits per heavy atom. The standard InChI is InChI=1S/C14H12BrFN2O/c15-12-2-1-8-17-13(12)14(19)18-9-7-10-3-5-11(16)6-4-10/h1-6,8H,7,9H2,(H,18,19). The lowest BCUT2D eigenvalue weighted by atomic mass is 10.1. The summed E-state index contributed by atoms with van der Waals surface area (Å²) in [6.45, 7) is 0.480. The smallest absolute Gasteiger partial charge is 0.271 e. The minimum atomic E-state index is -0.259. The summed E-state index contributed by atoms with van der Waals surface area (Å²) in [5.74, 6) is -0.486. The molecule has 0 fully saturated rings. The van der Waals surface area contributed by atoms with Gasteiger partial charge in [-0.05, 0) is 52.2 Å². The molecule has 0 radical (unpaired) electrons. The molecule has 0 bridgehead atoms. The molecule has 0 unspecified atom stereocenters. The maximum atomic E-state index is 12.7. The molecule has 0 atom stereocenters. The van der Waals surface area contributed by atoms with Gasteiger partial charge in [-0.1, -0.05) is 12.1 Å². The van der Waals surface area contributed by atoms with Crippen LogP contribution in [0.2, 0.25) is 0 Å². The van der Waals surface area contributed by atoms with Gasteiger partial charge in [0.25, 0.3) is 5.91 Å². The summed E-state index contributed by atoms with van der Waals surface area (Å²) in [7, 11) is 0. The molecule has 0 aliphatic rings. The molecule has 98 valence electrons. The number of aromatic nitrogens is 1. The van der Waals surface area contributed by atoms with Crippen molar-refractivity contribution in [2.45, 2.75) is 6.42 Å². The first kappa shape index (κ1) is 13.7. The predicted molar refractivity (Wildman–Crippen MR) is 74.4 cm³/mol. The van der Waals surface area contributed by atoms with Gasteiger partial charge in [0.05, 0.1) is 0 Å². The molecule has 1 amide bonds. The van der Waals surface area contributed by atoms with Crippen LogP contribution in [0.25, 0.3) is 0 Å². The van der Waals surface area contributed by atoms with Crippen LogP contribution in [0.5, 0.6) is 0 Å². The molecule has 5 heteroatoms. The predicted octanol–water partition coefficient (Wildman–Crippen LogP) is 2.96. The largest absolute Gasteiger partial charge is 0.350 e. The summed E-state index contributed by atoms with van der Waals surface area (Å²) in [6, 6.07) is 9.75. The number of nitrogens with one attached hydrogen (secondary N) is 1. The third-order valence-corrected chi connectivity index (χ3v) is 3.23. The third kappa shape index (κ3) is 3.86. The van der Waals surface area contributed by atoms with Crippen LogP contribution in [-0.2, 0) is 6.42 Å². The van der Waals surface area contributed by atoms with E-state index in [1.54, 1.807) is 30.5 Å². The number of carbonyl (C=O) groups is 1. The van der Waals surface area contributed by atoms with E-state index >= 15 is 0 Å². The second-order valence-electron chi connectivity index (χ2n) is 3.97. The topological polar surface area (TPSA) is 42.0 Å². The fourth-order valence-corrected chi connectivity index (χ4v) is 2.04. The number of amides is 1. The number of halogens is 2. The zero-order valence-corrected chi connectivity index (χ0v) is 11.7. The highest BCUT2D eigenvalue weighted by Gasteiger charge is 2.09. The highest BCUT2D eigenvalue weighted by atomic mass is 79.9. The summed E-state index contributed by atoms with van der Waals surface area (Å²) in [6.07, 6.45) is 2.22. The Bertz CT molecular complexity index is 572. The average Bonchev–Trinajstić information content (AvgIpc) is 2.41. The minimum Gasteiger partial charge on any atom is -0.350 e. The van der Waals surface area contributed by atoms with Crippen molar-refractivity contribution >= 4 is 21.8 Å². The molecule has 1 N–H and O–H groups in total. The summed E-state index contributed by atoms with van der Waals surface area (Å²) in [4.78, 5) is 15.9. The molecule has 3 nitrogen and oxygen atoms in total. The first-order valence-electron chi connectivity index (χ1n) is 5.80. The molecule has 0 aliphatic heterocycles. The van der Waals surface area contributed by atoms with Crippen molar-refractivity contribution in [1.82, 2.24) is 10.3 Å². The monoisotopic (exact) mass is 322 g/mol. The number of hydrogen-bond donors (Lipinski definition) is 1. The lowest BCUT2D eigenvalue weighted by Gasteiger charge is -2.06. The van der Waals surface area contributed by atoms with Crippen LogP contribution in [0, 0.1) is 5.82 Å². The van der Waals surface area contributed by atoms with E-state index in [1.807, 2.05) is 0 Å².